The molecule has 3 rings (SSSR count). The fourth-order valence-corrected chi connectivity index (χ4v) is 2.30. The van der Waals surface area contributed by atoms with Crippen molar-refractivity contribution in [3.05, 3.63) is 71.8 Å². The number of nitriles is 1. The van der Waals surface area contributed by atoms with Gasteiger partial charge in [-0.3, -0.25) is 0 Å². The summed E-state index contributed by atoms with van der Waals surface area (Å²) in [6, 6.07) is 14.8. The third-order valence-electron chi connectivity index (χ3n) is 3.40. The molecule has 1 aromatic heterocycles. The molecule has 24 heavy (non-hydrogen) atoms. The lowest BCUT2D eigenvalue weighted by Crippen LogP contribution is -2.08. The van der Waals surface area contributed by atoms with E-state index in [2.05, 4.69) is 5.10 Å². The zero-order chi connectivity index (χ0) is 17.3. The molecule has 0 radical (unpaired) electrons. The number of rotatable bonds is 2. The van der Waals surface area contributed by atoms with E-state index in [-0.39, 0.29) is 16.8 Å². The minimum absolute atomic E-state index is 0.000932. The van der Waals surface area contributed by atoms with Gasteiger partial charge < -0.3 is 0 Å². The number of hydrogen-bond donors (Lipinski definition) is 0. The SMILES string of the molecule is N#Cc1ccc(-c2c(C(F)(F)F)nn(-c3ccccc3)c2F)cc1. The van der Waals surface area contributed by atoms with Crippen LogP contribution in [0, 0.1) is 17.3 Å². The summed E-state index contributed by atoms with van der Waals surface area (Å²) in [7, 11) is 0. The van der Waals surface area contributed by atoms with Gasteiger partial charge in [-0.05, 0) is 29.8 Å². The van der Waals surface area contributed by atoms with Crippen molar-refractivity contribution in [1.29, 1.82) is 5.26 Å². The number of nitrogens with zero attached hydrogens (tertiary/aromatic N) is 3. The zero-order valence-electron chi connectivity index (χ0n) is 12.0. The lowest BCUT2D eigenvalue weighted by Gasteiger charge is -2.06. The summed E-state index contributed by atoms with van der Waals surface area (Å²) in [5.41, 5.74) is -1.51. The topological polar surface area (TPSA) is 41.6 Å². The molecule has 0 atom stereocenters. The van der Waals surface area contributed by atoms with E-state index in [1.807, 2.05) is 6.07 Å². The van der Waals surface area contributed by atoms with Crippen molar-refractivity contribution >= 4 is 0 Å². The first-order chi connectivity index (χ1) is 11.4. The molecule has 3 nitrogen and oxygen atoms in total. The predicted octanol–water partition coefficient (Wildman–Crippen LogP) is 4.57. The molecule has 0 spiro atoms. The van der Waals surface area contributed by atoms with Crippen LogP contribution < -0.4 is 0 Å². The average molecular weight is 331 g/mol. The largest absolute Gasteiger partial charge is 0.435 e. The summed E-state index contributed by atoms with van der Waals surface area (Å²) in [6.07, 6.45) is -4.82. The second-order valence-electron chi connectivity index (χ2n) is 4.95. The Bertz CT molecular complexity index is 904. The van der Waals surface area contributed by atoms with Crippen molar-refractivity contribution in [2.24, 2.45) is 0 Å². The van der Waals surface area contributed by atoms with Gasteiger partial charge in [0.1, 0.15) is 0 Å². The van der Waals surface area contributed by atoms with Crippen LogP contribution in [0.2, 0.25) is 0 Å². The summed E-state index contributed by atoms with van der Waals surface area (Å²) in [4.78, 5) is 0. The molecule has 3 aromatic rings. The van der Waals surface area contributed by atoms with Crippen LogP contribution in [0.4, 0.5) is 17.6 Å². The molecular weight excluding hydrogens is 322 g/mol. The molecule has 0 unspecified atom stereocenters. The Hall–Kier alpha value is -3.14. The maximum atomic E-state index is 14.7. The molecule has 120 valence electrons. The fourth-order valence-electron chi connectivity index (χ4n) is 2.30. The molecule has 2 aromatic carbocycles. The van der Waals surface area contributed by atoms with Crippen molar-refractivity contribution in [3.63, 3.8) is 0 Å². The second-order valence-corrected chi connectivity index (χ2v) is 4.95. The standard InChI is InChI=1S/C17H9F4N3/c18-16-14(12-8-6-11(10-22)7-9-12)15(17(19,20)21)23-24(16)13-4-2-1-3-5-13/h1-9H. The average Bonchev–Trinajstić information content (AvgIpc) is 2.93. The summed E-state index contributed by atoms with van der Waals surface area (Å²) in [6.45, 7) is 0. The minimum atomic E-state index is -4.82. The highest BCUT2D eigenvalue weighted by molar-refractivity contribution is 5.68. The number of para-hydroxylation sites is 1. The van der Waals surface area contributed by atoms with E-state index in [1.54, 1.807) is 18.2 Å². The van der Waals surface area contributed by atoms with Crippen LogP contribution >= 0.6 is 0 Å². The fraction of sp³-hybridized carbons (Fsp3) is 0.0588. The van der Waals surface area contributed by atoms with E-state index in [9.17, 15) is 17.6 Å². The van der Waals surface area contributed by atoms with E-state index in [4.69, 9.17) is 5.26 Å². The van der Waals surface area contributed by atoms with Gasteiger partial charge in [0.2, 0.25) is 5.95 Å². The Labute approximate surface area is 134 Å². The molecule has 7 heteroatoms. The van der Waals surface area contributed by atoms with E-state index < -0.39 is 23.4 Å². The maximum Gasteiger partial charge on any atom is 0.435 e. The van der Waals surface area contributed by atoms with Gasteiger partial charge >= 0.3 is 6.18 Å². The van der Waals surface area contributed by atoms with Gasteiger partial charge in [-0.1, -0.05) is 30.3 Å². The summed E-state index contributed by atoms with van der Waals surface area (Å²) < 4.78 is 55.2. The normalized spacial score (nSPS) is 11.3. The molecule has 0 fully saturated rings. The molecule has 0 saturated carbocycles. The van der Waals surface area contributed by atoms with Crippen molar-refractivity contribution in [3.8, 4) is 22.9 Å². The monoisotopic (exact) mass is 331 g/mol. The highest BCUT2D eigenvalue weighted by Gasteiger charge is 2.40. The van der Waals surface area contributed by atoms with Crippen molar-refractivity contribution in [2.45, 2.75) is 6.18 Å². The Morgan fingerprint density at radius 2 is 1.58 bits per heavy atom. The molecule has 0 aliphatic heterocycles. The van der Waals surface area contributed by atoms with Gasteiger partial charge in [0, 0.05) is 0 Å². The van der Waals surface area contributed by atoms with Crippen LogP contribution in [0.1, 0.15) is 11.3 Å². The van der Waals surface area contributed by atoms with Gasteiger partial charge in [-0.15, -0.1) is 0 Å². The van der Waals surface area contributed by atoms with Crippen LogP contribution in [0.3, 0.4) is 0 Å². The lowest BCUT2D eigenvalue weighted by atomic mass is 10.0. The number of hydrogen-bond acceptors (Lipinski definition) is 2. The second kappa shape index (κ2) is 5.81. The first kappa shape index (κ1) is 15.7. The summed E-state index contributed by atoms with van der Waals surface area (Å²) in [5, 5.41) is 12.2. The third kappa shape index (κ3) is 2.74. The van der Waals surface area contributed by atoms with E-state index in [0.29, 0.717) is 4.68 Å². The van der Waals surface area contributed by atoms with E-state index in [0.717, 1.165) is 0 Å². The van der Waals surface area contributed by atoms with E-state index in [1.165, 1.54) is 36.4 Å². The molecule has 0 aliphatic carbocycles. The first-order valence-corrected chi connectivity index (χ1v) is 6.83. The number of benzene rings is 2. The summed E-state index contributed by atoms with van der Waals surface area (Å²) >= 11 is 0. The quantitative estimate of drug-likeness (QED) is 0.646. The van der Waals surface area contributed by atoms with Gasteiger partial charge in [-0.25, -0.2) is 4.68 Å². The minimum Gasteiger partial charge on any atom is -0.206 e. The van der Waals surface area contributed by atoms with Crippen LogP contribution in [-0.4, -0.2) is 9.78 Å². The third-order valence-corrected chi connectivity index (χ3v) is 3.40. The van der Waals surface area contributed by atoms with E-state index >= 15 is 0 Å². The molecule has 0 saturated heterocycles. The first-order valence-electron chi connectivity index (χ1n) is 6.83. The smallest absolute Gasteiger partial charge is 0.206 e. The van der Waals surface area contributed by atoms with Crippen LogP contribution in [0.25, 0.3) is 16.8 Å². The van der Waals surface area contributed by atoms with Crippen LogP contribution in [0.5, 0.6) is 0 Å². The Morgan fingerprint density at radius 1 is 0.958 bits per heavy atom. The Kier molecular flexibility index (Phi) is 3.81. The molecule has 1 heterocycles. The lowest BCUT2D eigenvalue weighted by molar-refractivity contribution is -0.140. The highest BCUT2D eigenvalue weighted by atomic mass is 19.4. The van der Waals surface area contributed by atoms with Crippen molar-refractivity contribution in [1.82, 2.24) is 9.78 Å². The van der Waals surface area contributed by atoms with Gasteiger partial charge in [-0.2, -0.15) is 27.9 Å². The van der Waals surface area contributed by atoms with Gasteiger partial charge in [0.15, 0.2) is 5.69 Å². The van der Waals surface area contributed by atoms with Gasteiger partial charge in [0.05, 0.1) is 22.9 Å². The Balaban J connectivity index is 2.24. The molecule has 0 amide bonds. The maximum absolute atomic E-state index is 14.7. The number of aromatic nitrogens is 2. The number of halogens is 4. The Morgan fingerprint density at radius 3 is 2.12 bits per heavy atom. The molecular formula is C17H9F4N3. The summed E-state index contributed by atoms with van der Waals surface area (Å²) in [5.74, 6) is -1.11. The molecule has 0 N–H and O–H groups in total. The van der Waals surface area contributed by atoms with Crippen LogP contribution in [-0.2, 0) is 6.18 Å². The predicted molar refractivity (Wildman–Crippen MR) is 78.7 cm³/mol. The van der Waals surface area contributed by atoms with Crippen molar-refractivity contribution < 1.29 is 17.6 Å². The van der Waals surface area contributed by atoms with Crippen molar-refractivity contribution in [2.75, 3.05) is 0 Å². The molecule has 0 bridgehead atoms. The molecule has 0 aliphatic rings. The van der Waals surface area contributed by atoms with Crippen LogP contribution in [0.15, 0.2) is 54.6 Å². The highest BCUT2D eigenvalue weighted by Crippen LogP contribution is 2.38. The number of alkyl halides is 3. The zero-order valence-corrected chi connectivity index (χ0v) is 12.0. The van der Waals surface area contributed by atoms with Gasteiger partial charge in [0.25, 0.3) is 0 Å².